The summed E-state index contributed by atoms with van der Waals surface area (Å²) in [6, 6.07) is 6.66. The molecule has 6 heteroatoms. The summed E-state index contributed by atoms with van der Waals surface area (Å²) in [5.74, 6) is -0.414. The van der Waals surface area contributed by atoms with Crippen LogP contribution in [0.3, 0.4) is 0 Å². The van der Waals surface area contributed by atoms with Gasteiger partial charge in [0.15, 0.2) is 11.2 Å². The number of aromatic nitrogens is 2. The first-order valence-corrected chi connectivity index (χ1v) is 7.39. The second-order valence-corrected chi connectivity index (χ2v) is 5.36. The van der Waals surface area contributed by atoms with Crippen LogP contribution in [0.1, 0.15) is 28.6 Å². The van der Waals surface area contributed by atoms with Crippen LogP contribution in [0.4, 0.5) is 0 Å². The molecule has 0 aliphatic carbocycles. The molecule has 0 aliphatic heterocycles. The molecule has 3 aromatic rings. The molecule has 2 heterocycles. The number of hydrogen-bond acceptors (Lipinski definition) is 4. The van der Waals surface area contributed by atoms with Crippen LogP contribution in [0.25, 0.3) is 11.0 Å². The Morgan fingerprint density at radius 2 is 2.13 bits per heavy atom. The van der Waals surface area contributed by atoms with Crippen molar-refractivity contribution in [2.24, 2.45) is 7.05 Å². The summed E-state index contributed by atoms with van der Waals surface area (Å²) in [6.45, 7) is 2.34. The zero-order valence-electron chi connectivity index (χ0n) is 13.0. The van der Waals surface area contributed by atoms with Crippen molar-refractivity contribution in [3.63, 3.8) is 0 Å². The third kappa shape index (κ3) is 3.15. The molecule has 0 radical (unpaired) electrons. The summed E-state index contributed by atoms with van der Waals surface area (Å²) >= 11 is 0. The number of fused-ring (bicyclic) bond motifs is 1. The second-order valence-electron chi connectivity index (χ2n) is 5.36. The minimum atomic E-state index is -0.424. The molecule has 0 aliphatic rings. The summed E-state index contributed by atoms with van der Waals surface area (Å²) in [5.41, 5.74) is 2.13. The van der Waals surface area contributed by atoms with Crippen molar-refractivity contribution < 1.29 is 9.21 Å². The van der Waals surface area contributed by atoms with Crippen molar-refractivity contribution in [3.8, 4) is 0 Å². The molecule has 0 bridgehead atoms. The number of carbonyl (C=O) groups excluding carboxylic acids is 1. The van der Waals surface area contributed by atoms with Crippen molar-refractivity contribution in [3.05, 3.63) is 63.8 Å². The van der Waals surface area contributed by atoms with Crippen molar-refractivity contribution >= 4 is 16.9 Å². The predicted octanol–water partition coefficient (Wildman–Crippen LogP) is 2.02. The van der Waals surface area contributed by atoms with Gasteiger partial charge in [0.25, 0.3) is 5.91 Å². The van der Waals surface area contributed by atoms with Crippen LogP contribution in [-0.2, 0) is 20.0 Å². The number of amides is 1. The van der Waals surface area contributed by atoms with E-state index < -0.39 is 5.91 Å². The molecule has 0 unspecified atom stereocenters. The van der Waals surface area contributed by atoms with E-state index in [4.69, 9.17) is 4.42 Å². The first-order chi connectivity index (χ1) is 11.1. The van der Waals surface area contributed by atoms with Gasteiger partial charge >= 0.3 is 0 Å². The van der Waals surface area contributed by atoms with Crippen LogP contribution in [-0.4, -0.2) is 15.7 Å². The van der Waals surface area contributed by atoms with Gasteiger partial charge in [-0.2, -0.15) is 5.10 Å². The van der Waals surface area contributed by atoms with Gasteiger partial charge in [0, 0.05) is 31.4 Å². The van der Waals surface area contributed by atoms with E-state index in [1.807, 2.05) is 19.2 Å². The number of aryl methyl sites for hydroxylation is 2. The Morgan fingerprint density at radius 1 is 1.30 bits per heavy atom. The fraction of sp³-hybridized carbons (Fsp3) is 0.235. The van der Waals surface area contributed by atoms with E-state index in [2.05, 4.69) is 10.4 Å². The highest BCUT2D eigenvalue weighted by Crippen LogP contribution is 2.15. The van der Waals surface area contributed by atoms with E-state index in [-0.39, 0.29) is 11.2 Å². The Morgan fingerprint density at radius 3 is 2.83 bits per heavy atom. The number of hydrogen-bond donors (Lipinski definition) is 1. The quantitative estimate of drug-likeness (QED) is 0.799. The Hall–Kier alpha value is -2.89. The molecular formula is C17H17N3O3. The van der Waals surface area contributed by atoms with Crippen LogP contribution in [0.5, 0.6) is 0 Å². The van der Waals surface area contributed by atoms with Gasteiger partial charge in [0.1, 0.15) is 5.58 Å². The topological polar surface area (TPSA) is 77.1 Å². The van der Waals surface area contributed by atoms with E-state index >= 15 is 0 Å². The number of rotatable bonds is 4. The molecule has 3 rings (SSSR count). The molecule has 1 N–H and O–H groups in total. The van der Waals surface area contributed by atoms with Crippen molar-refractivity contribution in [1.82, 2.24) is 15.1 Å². The van der Waals surface area contributed by atoms with E-state index in [0.29, 0.717) is 17.5 Å². The molecule has 0 saturated heterocycles. The average molecular weight is 311 g/mol. The second kappa shape index (κ2) is 6.08. The van der Waals surface area contributed by atoms with E-state index in [9.17, 15) is 9.59 Å². The highest BCUT2D eigenvalue weighted by atomic mass is 16.3. The molecule has 118 valence electrons. The SMILES string of the molecule is CCc1ccc2oc(C(=O)NCc3cnn(C)c3)cc(=O)c2c1. The molecule has 1 amide bonds. The predicted molar refractivity (Wildman–Crippen MR) is 86.2 cm³/mol. The van der Waals surface area contributed by atoms with Crippen LogP contribution in [0.2, 0.25) is 0 Å². The fourth-order valence-corrected chi connectivity index (χ4v) is 2.37. The highest BCUT2D eigenvalue weighted by Gasteiger charge is 2.12. The monoisotopic (exact) mass is 311 g/mol. The molecule has 0 spiro atoms. The van der Waals surface area contributed by atoms with Gasteiger partial charge in [-0.3, -0.25) is 14.3 Å². The van der Waals surface area contributed by atoms with Gasteiger partial charge in [-0.15, -0.1) is 0 Å². The molecule has 1 aromatic carbocycles. The van der Waals surface area contributed by atoms with Gasteiger partial charge in [0.05, 0.1) is 11.6 Å². The lowest BCUT2D eigenvalue weighted by atomic mass is 10.1. The van der Waals surface area contributed by atoms with Gasteiger partial charge in [-0.05, 0) is 24.1 Å². The summed E-state index contributed by atoms with van der Waals surface area (Å²) in [6.07, 6.45) is 4.31. The maximum atomic E-state index is 12.2. The lowest BCUT2D eigenvalue weighted by molar-refractivity contribution is 0.0923. The van der Waals surface area contributed by atoms with Crippen LogP contribution in [0.15, 0.2) is 45.9 Å². The maximum Gasteiger partial charge on any atom is 0.287 e. The number of carbonyl (C=O) groups is 1. The molecular weight excluding hydrogens is 294 g/mol. The van der Waals surface area contributed by atoms with E-state index in [1.165, 1.54) is 6.07 Å². The minimum Gasteiger partial charge on any atom is -0.451 e. The third-order valence-corrected chi connectivity index (χ3v) is 3.63. The van der Waals surface area contributed by atoms with Gasteiger partial charge < -0.3 is 9.73 Å². The summed E-state index contributed by atoms with van der Waals surface area (Å²) in [7, 11) is 1.80. The Labute approximate surface area is 132 Å². The smallest absolute Gasteiger partial charge is 0.287 e. The molecule has 0 atom stereocenters. The Balaban J connectivity index is 1.84. The highest BCUT2D eigenvalue weighted by molar-refractivity contribution is 5.93. The Bertz CT molecular complexity index is 924. The number of nitrogens with one attached hydrogen (secondary N) is 1. The zero-order valence-corrected chi connectivity index (χ0v) is 13.0. The number of benzene rings is 1. The van der Waals surface area contributed by atoms with Gasteiger partial charge in [-0.1, -0.05) is 13.0 Å². The normalized spacial score (nSPS) is 10.9. The standard InChI is InChI=1S/C17H17N3O3/c1-3-11-4-5-15-13(6-11)14(21)7-16(23-15)17(22)18-8-12-9-19-20(2)10-12/h4-7,9-10H,3,8H2,1-2H3,(H,18,22). The average Bonchev–Trinajstić information content (AvgIpc) is 2.97. The zero-order chi connectivity index (χ0) is 16.4. The minimum absolute atomic E-state index is 0.00985. The third-order valence-electron chi connectivity index (χ3n) is 3.63. The first kappa shape index (κ1) is 15.0. The van der Waals surface area contributed by atoms with Crippen molar-refractivity contribution in [1.29, 1.82) is 0 Å². The maximum absolute atomic E-state index is 12.2. The van der Waals surface area contributed by atoms with Crippen molar-refractivity contribution in [2.75, 3.05) is 0 Å². The van der Waals surface area contributed by atoms with Crippen LogP contribution >= 0.6 is 0 Å². The van der Waals surface area contributed by atoms with Crippen LogP contribution in [0, 0.1) is 0 Å². The Kier molecular flexibility index (Phi) is 3.97. The molecule has 0 saturated carbocycles. The summed E-state index contributed by atoms with van der Waals surface area (Å²) in [5, 5.41) is 7.24. The van der Waals surface area contributed by atoms with E-state index in [1.54, 1.807) is 30.1 Å². The molecule has 0 fully saturated rings. The largest absolute Gasteiger partial charge is 0.451 e. The first-order valence-electron chi connectivity index (χ1n) is 7.39. The van der Waals surface area contributed by atoms with E-state index in [0.717, 1.165) is 17.5 Å². The fourth-order valence-electron chi connectivity index (χ4n) is 2.37. The van der Waals surface area contributed by atoms with Crippen LogP contribution < -0.4 is 10.7 Å². The molecule has 6 nitrogen and oxygen atoms in total. The lowest BCUT2D eigenvalue weighted by Gasteiger charge is -2.05. The molecule has 2 aromatic heterocycles. The van der Waals surface area contributed by atoms with Gasteiger partial charge in [0.2, 0.25) is 0 Å². The lowest BCUT2D eigenvalue weighted by Crippen LogP contribution is -2.23. The summed E-state index contributed by atoms with van der Waals surface area (Å²) < 4.78 is 7.22. The van der Waals surface area contributed by atoms with Gasteiger partial charge in [-0.25, -0.2) is 0 Å². The van der Waals surface area contributed by atoms with Crippen molar-refractivity contribution in [2.45, 2.75) is 19.9 Å². The number of nitrogens with zero attached hydrogens (tertiary/aromatic N) is 2. The summed E-state index contributed by atoms with van der Waals surface area (Å²) in [4.78, 5) is 24.4. The molecule has 23 heavy (non-hydrogen) atoms.